The fourth-order valence-corrected chi connectivity index (χ4v) is 1.44. The van der Waals surface area contributed by atoms with E-state index in [9.17, 15) is 5.11 Å². The molecule has 1 unspecified atom stereocenters. The molecule has 0 aliphatic rings. The smallest absolute Gasteiger partial charge is 0.122 e. The largest absolute Gasteiger partial charge is 0.490 e. The molecule has 3 N–H and O–H groups in total. The summed E-state index contributed by atoms with van der Waals surface area (Å²) in [5, 5.41) is 9.76. The maximum absolute atomic E-state index is 9.76. The fraction of sp³-hybridized carbons (Fsp3) is 0.538. The van der Waals surface area contributed by atoms with E-state index in [-0.39, 0.29) is 13.2 Å². The summed E-state index contributed by atoms with van der Waals surface area (Å²) in [4.78, 5) is 0. The van der Waals surface area contributed by atoms with Crippen molar-refractivity contribution in [1.82, 2.24) is 0 Å². The van der Waals surface area contributed by atoms with E-state index in [1.807, 2.05) is 19.9 Å². The van der Waals surface area contributed by atoms with Crippen molar-refractivity contribution in [3.8, 4) is 5.75 Å². The maximum atomic E-state index is 9.76. The summed E-state index contributed by atoms with van der Waals surface area (Å²) in [6.45, 7) is 8.17. The molecule has 1 atom stereocenters. The highest BCUT2D eigenvalue weighted by atomic mass is 16.5. The first-order valence-electron chi connectivity index (χ1n) is 5.49. The van der Waals surface area contributed by atoms with Gasteiger partial charge in [0.1, 0.15) is 18.0 Å². The number of aliphatic hydroxyl groups is 1. The monoisotopic (exact) mass is 223 g/mol. The summed E-state index contributed by atoms with van der Waals surface area (Å²) in [7, 11) is 0. The summed E-state index contributed by atoms with van der Waals surface area (Å²) in [5.41, 5.74) is 7.93. The lowest BCUT2D eigenvalue weighted by atomic mass is 10.1. The van der Waals surface area contributed by atoms with Gasteiger partial charge in [-0.3, -0.25) is 0 Å². The number of benzene rings is 1. The van der Waals surface area contributed by atoms with Crippen LogP contribution in [0.5, 0.6) is 5.75 Å². The van der Waals surface area contributed by atoms with E-state index in [4.69, 9.17) is 10.5 Å². The van der Waals surface area contributed by atoms with Gasteiger partial charge in [-0.2, -0.15) is 0 Å². The molecule has 0 heterocycles. The molecular weight excluding hydrogens is 202 g/mol. The highest BCUT2D eigenvalue weighted by Gasteiger charge is 2.19. The van der Waals surface area contributed by atoms with E-state index >= 15 is 0 Å². The third-order valence-corrected chi connectivity index (χ3v) is 2.74. The Morgan fingerprint density at radius 3 is 2.50 bits per heavy atom. The van der Waals surface area contributed by atoms with Gasteiger partial charge in [-0.1, -0.05) is 6.07 Å². The third-order valence-electron chi connectivity index (χ3n) is 2.74. The molecule has 0 aliphatic carbocycles. The zero-order valence-electron chi connectivity index (χ0n) is 10.5. The van der Waals surface area contributed by atoms with Crippen molar-refractivity contribution in [3.63, 3.8) is 0 Å². The van der Waals surface area contributed by atoms with Crippen LogP contribution in [0.3, 0.4) is 0 Å². The number of ether oxygens (including phenoxy) is 1. The van der Waals surface area contributed by atoms with Gasteiger partial charge in [-0.15, -0.1) is 0 Å². The molecule has 0 saturated heterocycles. The predicted octanol–water partition coefficient (Wildman–Crippen LogP) is 1.70. The molecule has 0 radical (unpaired) electrons. The van der Waals surface area contributed by atoms with Gasteiger partial charge in [0.2, 0.25) is 0 Å². The Morgan fingerprint density at radius 1 is 1.31 bits per heavy atom. The lowest BCUT2D eigenvalue weighted by Gasteiger charge is -2.22. The van der Waals surface area contributed by atoms with Gasteiger partial charge in [-0.25, -0.2) is 0 Å². The van der Waals surface area contributed by atoms with E-state index in [0.717, 1.165) is 16.9 Å². The molecular formula is C13H21NO2. The second-order valence-electron chi connectivity index (χ2n) is 4.69. The van der Waals surface area contributed by atoms with Crippen LogP contribution in [0.1, 0.15) is 23.6 Å². The van der Waals surface area contributed by atoms with Crippen LogP contribution in [0.15, 0.2) is 12.1 Å². The van der Waals surface area contributed by atoms with Crippen LogP contribution in [0.4, 0.5) is 0 Å². The molecule has 0 aliphatic heterocycles. The Balaban J connectivity index is 2.82. The summed E-state index contributed by atoms with van der Waals surface area (Å²) in [6.07, 6.45) is 0. The number of nitrogens with two attached hydrogens (primary N) is 1. The van der Waals surface area contributed by atoms with Gasteiger partial charge >= 0.3 is 0 Å². The number of hydrogen-bond acceptors (Lipinski definition) is 3. The van der Waals surface area contributed by atoms with Crippen LogP contribution >= 0.6 is 0 Å². The van der Waals surface area contributed by atoms with Gasteiger partial charge in [0, 0.05) is 6.54 Å². The first kappa shape index (κ1) is 13.0. The van der Waals surface area contributed by atoms with Gasteiger partial charge in [-0.05, 0) is 50.5 Å². The summed E-state index contributed by atoms with van der Waals surface area (Å²) in [6, 6.07) is 4.10. The molecule has 90 valence electrons. The van der Waals surface area contributed by atoms with Crippen LogP contribution in [-0.2, 0) is 0 Å². The topological polar surface area (TPSA) is 55.5 Å². The van der Waals surface area contributed by atoms with E-state index < -0.39 is 5.60 Å². The zero-order chi connectivity index (χ0) is 12.3. The Kier molecular flexibility index (Phi) is 3.94. The molecule has 1 aromatic carbocycles. The Hall–Kier alpha value is -1.06. The van der Waals surface area contributed by atoms with Crippen LogP contribution in [-0.4, -0.2) is 23.9 Å². The van der Waals surface area contributed by atoms with Crippen molar-refractivity contribution < 1.29 is 9.84 Å². The molecule has 1 rings (SSSR count). The summed E-state index contributed by atoms with van der Waals surface area (Å²) < 4.78 is 5.62. The van der Waals surface area contributed by atoms with Gasteiger partial charge in [0.15, 0.2) is 0 Å². The standard InChI is InChI=1S/C13H21NO2/c1-9-5-10(2)11(3)12(6-9)16-8-13(4,15)7-14/h5-6,15H,7-8,14H2,1-4H3. The van der Waals surface area contributed by atoms with Crippen LogP contribution in [0.2, 0.25) is 0 Å². The molecule has 0 amide bonds. The van der Waals surface area contributed by atoms with Crippen molar-refractivity contribution in [2.24, 2.45) is 5.73 Å². The van der Waals surface area contributed by atoms with Crippen molar-refractivity contribution in [2.75, 3.05) is 13.2 Å². The zero-order valence-corrected chi connectivity index (χ0v) is 10.5. The minimum absolute atomic E-state index is 0.191. The molecule has 3 heteroatoms. The molecule has 0 fully saturated rings. The van der Waals surface area contributed by atoms with Crippen LogP contribution in [0, 0.1) is 20.8 Å². The lowest BCUT2D eigenvalue weighted by molar-refractivity contribution is 0.0193. The second-order valence-corrected chi connectivity index (χ2v) is 4.69. The quantitative estimate of drug-likeness (QED) is 0.817. The molecule has 0 bridgehead atoms. The Bertz CT molecular complexity index is 372. The first-order valence-corrected chi connectivity index (χ1v) is 5.49. The average molecular weight is 223 g/mol. The predicted molar refractivity (Wildman–Crippen MR) is 65.8 cm³/mol. The lowest BCUT2D eigenvalue weighted by Crippen LogP contribution is -2.40. The van der Waals surface area contributed by atoms with Crippen LogP contribution < -0.4 is 10.5 Å². The normalized spacial score (nSPS) is 14.6. The Labute approximate surface area is 97.2 Å². The molecule has 0 aromatic heterocycles. The minimum Gasteiger partial charge on any atom is -0.490 e. The van der Waals surface area contributed by atoms with Gasteiger partial charge in [0.25, 0.3) is 0 Å². The fourth-order valence-electron chi connectivity index (χ4n) is 1.44. The maximum Gasteiger partial charge on any atom is 0.122 e. The van der Waals surface area contributed by atoms with E-state index in [1.54, 1.807) is 6.92 Å². The highest BCUT2D eigenvalue weighted by molar-refractivity contribution is 5.41. The van der Waals surface area contributed by atoms with E-state index in [2.05, 4.69) is 13.0 Å². The summed E-state index contributed by atoms with van der Waals surface area (Å²) >= 11 is 0. The minimum atomic E-state index is -0.968. The van der Waals surface area contributed by atoms with E-state index in [1.165, 1.54) is 5.56 Å². The summed E-state index contributed by atoms with van der Waals surface area (Å²) in [5.74, 6) is 0.825. The second kappa shape index (κ2) is 4.85. The third kappa shape index (κ3) is 3.22. The van der Waals surface area contributed by atoms with Crippen molar-refractivity contribution >= 4 is 0 Å². The van der Waals surface area contributed by atoms with Crippen LogP contribution in [0.25, 0.3) is 0 Å². The van der Waals surface area contributed by atoms with Gasteiger partial charge < -0.3 is 15.6 Å². The number of hydrogen-bond donors (Lipinski definition) is 2. The van der Waals surface area contributed by atoms with Crippen molar-refractivity contribution in [2.45, 2.75) is 33.3 Å². The molecule has 3 nitrogen and oxygen atoms in total. The van der Waals surface area contributed by atoms with Gasteiger partial charge in [0.05, 0.1) is 0 Å². The number of rotatable bonds is 4. The first-order chi connectivity index (χ1) is 7.35. The molecule has 0 saturated carbocycles. The average Bonchev–Trinajstić information content (AvgIpc) is 2.21. The highest BCUT2D eigenvalue weighted by Crippen LogP contribution is 2.24. The molecule has 1 aromatic rings. The number of aryl methyl sites for hydroxylation is 2. The molecule has 16 heavy (non-hydrogen) atoms. The SMILES string of the molecule is Cc1cc(C)c(C)c(OCC(C)(O)CN)c1. The molecule has 0 spiro atoms. The van der Waals surface area contributed by atoms with Crippen molar-refractivity contribution in [3.05, 3.63) is 28.8 Å². The van der Waals surface area contributed by atoms with Crippen molar-refractivity contribution in [1.29, 1.82) is 0 Å². The Morgan fingerprint density at radius 2 is 1.94 bits per heavy atom. The van der Waals surface area contributed by atoms with E-state index in [0.29, 0.717) is 0 Å².